The largest absolute Gasteiger partial charge is 0.508 e. The molecule has 1 aliphatic rings. The lowest BCUT2D eigenvalue weighted by Gasteiger charge is -2.33. The van der Waals surface area contributed by atoms with Crippen molar-refractivity contribution >= 4 is 40.1 Å². The number of hydrogen-bond donors (Lipinski definition) is 1. The molecule has 6 rings (SSSR count). The van der Waals surface area contributed by atoms with E-state index in [-0.39, 0.29) is 11.7 Å². The molecule has 0 aliphatic carbocycles. The Balaban J connectivity index is 0.000000204. The standard InChI is InChI=1S/C26H29NO2.C16H16ClNO2S/c1-4-25(20-9-6-5-7-10-20)26(22-11-8-12-23(28)19-22)21-13-15-24(16-14-21)29-18-17-27(2)3;1-20-16(19)15(12-4-2-3-5-13(12)17)18-8-6-14-11(10-18)7-9-21-14/h5-16,19,28H,4,17-18H2,1-3H3;2-5,7,9,15H,6,8,10H2,1H3/b26-25+;/t;15-/m.0/s1. The summed E-state index contributed by atoms with van der Waals surface area (Å²) in [6.07, 6.45) is 1.85. The fourth-order valence-electron chi connectivity index (χ4n) is 6.18. The number of ether oxygens (including phenoxy) is 2. The van der Waals surface area contributed by atoms with Gasteiger partial charge in [0.25, 0.3) is 0 Å². The van der Waals surface area contributed by atoms with Crippen molar-refractivity contribution < 1.29 is 19.4 Å². The summed E-state index contributed by atoms with van der Waals surface area (Å²) in [5.74, 6) is 0.873. The monoisotopic (exact) mass is 708 g/mol. The number of benzene rings is 4. The van der Waals surface area contributed by atoms with Crippen molar-refractivity contribution in [3.63, 3.8) is 0 Å². The summed E-state index contributed by atoms with van der Waals surface area (Å²) < 4.78 is 10.9. The van der Waals surface area contributed by atoms with E-state index in [1.165, 1.54) is 28.7 Å². The number of esters is 1. The average Bonchev–Trinajstić information content (AvgIpc) is 3.61. The summed E-state index contributed by atoms with van der Waals surface area (Å²) in [4.78, 5) is 17.9. The number of methoxy groups -OCH3 is 1. The summed E-state index contributed by atoms with van der Waals surface area (Å²) in [5, 5.41) is 12.8. The van der Waals surface area contributed by atoms with Crippen LogP contribution in [0.15, 0.2) is 115 Å². The first kappa shape index (κ1) is 36.9. The predicted octanol–water partition coefficient (Wildman–Crippen LogP) is 9.38. The minimum absolute atomic E-state index is 0.262. The topological polar surface area (TPSA) is 62.2 Å². The van der Waals surface area contributed by atoms with Crippen molar-refractivity contribution in [2.24, 2.45) is 0 Å². The number of fused-ring (bicyclic) bond motifs is 1. The number of carbonyl (C=O) groups is 1. The molecule has 1 atom stereocenters. The van der Waals surface area contributed by atoms with Crippen LogP contribution < -0.4 is 4.74 Å². The highest BCUT2D eigenvalue weighted by atomic mass is 35.5. The van der Waals surface area contributed by atoms with Gasteiger partial charge in [-0.3, -0.25) is 4.90 Å². The number of hydrogen-bond acceptors (Lipinski definition) is 7. The molecule has 0 spiro atoms. The van der Waals surface area contributed by atoms with Gasteiger partial charge in [0.05, 0.1) is 7.11 Å². The molecule has 1 aromatic heterocycles. The molecule has 8 heteroatoms. The average molecular weight is 709 g/mol. The molecule has 6 nitrogen and oxygen atoms in total. The minimum atomic E-state index is -0.447. The zero-order chi connectivity index (χ0) is 35.5. The normalized spacial score (nSPS) is 13.8. The second kappa shape index (κ2) is 18.0. The molecule has 1 aliphatic heterocycles. The molecule has 0 saturated heterocycles. The highest BCUT2D eigenvalue weighted by Gasteiger charge is 2.32. The number of aromatic hydroxyl groups is 1. The van der Waals surface area contributed by atoms with Crippen LogP contribution in [0.5, 0.6) is 11.5 Å². The van der Waals surface area contributed by atoms with Crippen molar-refractivity contribution in [2.75, 3.05) is 40.9 Å². The van der Waals surface area contributed by atoms with E-state index in [2.05, 4.69) is 70.6 Å². The molecule has 260 valence electrons. The number of halogens is 1. The Kier molecular flexibility index (Phi) is 13.3. The van der Waals surface area contributed by atoms with Gasteiger partial charge in [0, 0.05) is 29.5 Å². The lowest BCUT2D eigenvalue weighted by Crippen LogP contribution is -2.38. The SMILES string of the molecule is CC/C(=C(/c1ccc(OCCN(C)C)cc1)c1cccc(O)c1)c1ccccc1.COC(=O)[C@H](c1ccccc1Cl)N1CCc2sccc2C1. The first-order valence-electron chi connectivity index (χ1n) is 16.9. The Morgan fingerprint density at radius 3 is 2.32 bits per heavy atom. The summed E-state index contributed by atoms with van der Waals surface area (Å²) in [7, 11) is 5.50. The number of thiophene rings is 1. The van der Waals surface area contributed by atoms with Gasteiger partial charge in [-0.05, 0) is 108 Å². The van der Waals surface area contributed by atoms with Gasteiger partial charge in [-0.25, -0.2) is 4.79 Å². The van der Waals surface area contributed by atoms with Gasteiger partial charge in [-0.1, -0.05) is 91.3 Å². The Bertz CT molecular complexity index is 1870. The molecule has 2 heterocycles. The fourth-order valence-corrected chi connectivity index (χ4v) is 7.31. The molecule has 0 radical (unpaired) electrons. The molecule has 1 N–H and O–H groups in total. The van der Waals surface area contributed by atoms with Crippen LogP contribution in [0.3, 0.4) is 0 Å². The Morgan fingerprint density at radius 1 is 0.920 bits per heavy atom. The minimum Gasteiger partial charge on any atom is -0.508 e. The second-order valence-electron chi connectivity index (χ2n) is 12.3. The van der Waals surface area contributed by atoms with E-state index in [9.17, 15) is 9.90 Å². The lowest BCUT2D eigenvalue weighted by atomic mass is 9.88. The number of carbonyl (C=O) groups excluding carboxylic acids is 1. The van der Waals surface area contributed by atoms with Crippen LogP contribution in [-0.2, 0) is 22.5 Å². The molecule has 0 amide bonds. The zero-order valence-corrected chi connectivity index (χ0v) is 30.7. The number of phenolic OH excluding ortho intramolecular Hbond substituents is 1. The molecule has 0 saturated carbocycles. The quantitative estimate of drug-likeness (QED) is 0.109. The number of allylic oxidation sites excluding steroid dienone is 1. The summed E-state index contributed by atoms with van der Waals surface area (Å²) >= 11 is 8.07. The van der Waals surface area contributed by atoms with Gasteiger partial charge in [0.1, 0.15) is 24.1 Å². The van der Waals surface area contributed by atoms with Crippen LogP contribution >= 0.6 is 22.9 Å². The van der Waals surface area contributed by atoms with Gasteiger partial charge in [-0.15, -0.1) is 11.3 Å². The highest BCUT2D eigenvalue weighted by molar-refractivity contribution is 7.10. The molecule has 50 heavy (non-hydrogen) atoms. The third-order valence-electron chi connectivity index (χ3n) is 8.69. The number of likely N-dealkylation sites (N-methyl/N-ethyl adjacent to an activating group) is 1. The van der Waals surface area contributed by atoms with Crippen molar-refractivity contribution in [1.82, 2.24) is 9.80 Å². The van der Waals surface area contributed by atoms with Crippen LogP contribution in [-0.4, -0.2) is 61.8 Å². The van der Waals surface area contributed by atoms with Crippen molar-refractivity contribution in [1.29, 1.82) is 0 Å². The molecule has 0 bridgehead atoms. The van der Waals surface area contributed by atoms with Crippen molar-refractivity contribution in [2.45, 2.75) is 32.4 Å². The predicted molar refractivity (Wildman–Crippen MR) is 206 cm³/mol. The molecule has 0 fully saturated rings. The number of rotatable bonds is 11. The maximum Gasteiger partial charge on any atom is 0.327 e. The van der Waals surface area contributed by atoms with Gasteiger partial charge in [0.2, 0.25) is 0 Å². The van der Waals surface area contributed by atoms with Crippen LogP contribution in [0.2, 0.25) is 5.02 Å². The maximum absolute atomic E-state index is 12.3. The van der Waals surface area contributed by atoms with Crippen molar-refractivity contribution in [3.8, 4) is 11.5 Å². The first-order valence-corrected chi connectivity index (χ1v) is 18.1. The Morgan fingerprint density at radius 2 is 1.64 bits per heavy atom. The number of phenols is 1. The van der Waals surface area contributed by atoms with Gasteiger partial charge in [-0.2, -0.15) is 0 Å². The van der Waals surface area contributed by atoms with Crippen LogP contribution in [0.1, 0.15) is 52.1 Å². The Hall–Kier alpha value is -4.40. The Labute approximate surface area is 305 Å². The molecular weight excluding hydrogens is 664 g/mol. The first-order chi connectivity index (χ1) is 24.3. The lowest BCUT2D eigenvalue weighted by molar-refractivity contribution is -0.147. The van der Waals surface area contributed by atoms with E-state index in [0.29, 0.717) is 11.6 Å². The van der Waals surface area contributed by atoms with E-state index < -0.39 is 6.04 Å². The number of nitrogens with zero attached hydrogens (tertiary/aromatic N) is 2. The van der Waals surface area contributed by atoms with Crippen LogP contribution in [0.4, 0.5) is 0 Å². The fraction of sp³-hybridized carbons (Fsp3) is 0.262. The van der Waals surface area contributed by atoms with E-state index in [0.717, 1.165) is 60.5 Å². The van der Waals surface area contributed by atoms with Crippen LogP contribution in [0, 0.1) is 0 Å². The van der Waals surface area contributed by atoms with E-state index in [1.54, 1.807) is 17.4 Å². The smallest absolute Gasteiger partial charge is 0.327 e. The third kappa shape index (κ3) is 9.43. The summed E-state index contributed by atoms with van der Waals surface area (Å²) in [6.45, 7) is 5.29. The van der Waals surface area contributed by atoms with Gasteiger partial charge < -0.3 is 19.5 Å². The molecule has 0 unspecified atom stereocenters. The van der Waals surface area contributed by atoms with Crippen LogP contribution in [0.25, 0.3) is 11.1 Å². The summed E-state index contributed by atoms with van der Waals surface area (Å²) in [5.41, 5.74) is 7.80. The van der Waals surface area contributed by atoms with Crippen molar-refractivity contribution in [3.05, 3.63) is 152 Å². The second-order valence-corrected chi connectivity index (χ2v) is 13.7. The molecule has 4 aromatic carbocycles. The summed E-state index contributed by atoms with van der Waals surface area (Å²) in [6, 6.07) is 35.3. The zero-order valence-electron chi connectivity index (χ0n) is 29.1. The maximum atomic E-state index is 12.3. The van der Waals surface area contributed by atoms with Gasteiger partial charge >= 0.3 is 5.97 Å². The van der Waals surface area contributed by atoms with E-state index in [4.69, 9.17) is 21.1 Å². The third-order valence-corrected chi connectivity index (χ3v) is 10.1. The van der Waals surface area contributed by atoms with Gasteiger partial charge in [0.15, 0.2) is 0 Å². The molecule has 5 aromatic rings. The molecular formula is C42H45ClN2O4S. The van der Waals surface area contributed by atoms with E-state index >= 15 is 0 Å². The highest BCUT2D eigenvalue weighted by Crippen LogP contribution is 2.36. The van der Waals surface area contributed by atoms with E-state index in [1.807, 2.05) is 68.7 Å².